The van der Waals surface area contributed by atoms with Gasteiger partial charge in [-0.3, -0.25) is 4.79 Å². The number of hydrogen-bond donors (Lipinski definition) is 2. The van der Waals surface area contributed by atoms with E-state index in [1.165, 1.54) is 19.3 Å². The molecule has 0 radical (unpaired) electrons. The van der Waals surface area contributed by atoms with Crippen LogP contribution in [0.4, 0.5) is 0 Å². The molecule has 0 spiro atoms. The van der Waals surface area contributed by atoms with Gasteiger partial charge in [0.25, 0.3) is 0 Å². The molecule has 1 saturated carbocycles. The zero-order chi connectivity index (χ0) is 14.1. The Labute approximate surface area is 116 Å². The number of nitrogens with one attached hydrogen (secondary N) is 1. The second kappa shape index (κ2) is 9.32. The Hall–Kier alpha value is -0.610. The summed E-state index contributed by atoms with van der Waals surface area (Å²) in [6.45, 7) is 4.27. The molecule has 2 unspecified atom stereocenters. The molecule has 0 heterocycles. The fourth-order valence-corrected chi connectivity index (χ4v) is 2.69. The first-order chi connectivity index (χ1) is 9.17. The summed E-state index contributed by atoms with van der Waals surface area (Å²) in [6.07, 6.45) is 7.80. The van der Waals surface area contributed by atoms with Crippen LogP contribution in [0.25, 0.3) is 0 Å². The van der Waals surface area contributed by atoms with Gasteiger partial charge >= 0.3 is 0 Å². The predicted molar refractivity (Wildman–Crippen MR) is 75.9 cm³/mol. The molecular formula is C15H29NO3. The molecule has 2 atom stereocenters. The highest BCUT2D eigenvalue weighted by atomic mass is 16.5. The van der Waals surface area contributed by atoms with Crippen molar-refractivity contribution < 1.29 is 14.6 Å². The fraction of sp³-hybridized carbons (Fsp3) is 0.933. The lowest BCUT2D eigenvalue weighted by Gasteiger charge is -2.30. The highest BCUT2D eigenvalue weighted by molar-refractivity contribution is 5.77. The van der Waals surface area contributed by atoms with Gasteiger partial charge in [0.1, 0.15) is 6.61 Å². The van der Waals surface area contributed by atoms with Gasteiger partial charge in [-0.2, -0.15) is 0 Å². The monoisotopic (exact) mass is 271 g/mol. The van der Waals surface area contributed by atoms with Crippen molar-refractivity contribution >= 4 is 5.91 Å². The molecule has 1 fully saturated rings. The molecule has 4 heteroatoms. The lowest BCUT2D eigenvalue weighted by Crippen LogP contribution is -2.43. The molecule has 4 nitrogen and oxygen atoms in total. The van der Waals surface area contributed by atoms with Crippen LogP contribution in [0.1, 0.15) is 58.8 Å². The van der Waals surface area contributed by atoms with Crippen molar-refractivity contribution in [1.29, 1.82) is 0 Å². The lowest BCUT2D eigenvalue weighted by atomic mass is 9.83. The van der Waals surface area contributed by atoms with Gasteiger partial charge in [-0.1, -0.05) is 26.2 Å². The summed E-state index contributed by atoms with van der Waals surface area (Å²) in [4.78, 5) is 11.9. The molecule has 0 bridgehead atoms. The van der Waals surface area contributed by atoms with E-state index in [9.17, 15) is 4.79 Å². The van der Waals surface area contributed by atoms with Crippen molar-refractivity contribution in [3.63, 3.8) is 0 Å². The third-order valence-electron chi connectivity index (χ3n) is 4.08. The van der Waals surface area contributed by atoms with Crippen LogP contribution in [0, 0.1) is 5.92 Å². The van der Waals surface area contributed by atoms with Crippen molar-refractivity contribution in [2.45, 2.75) is 70.9 Å². The summed E-state index contributed by atoms with van der Waals surface area (Å²) in [7, 11) is 0. The average Bonchev–Trinajstić information content (AvgIpc) is 2.45. The van der Waals surface area contributed by atoms with Crippen LogP contribution in [0.3, 0.4) is 0 Å². The Bertz CT molecular complexity index is 252. The number of rotatable bonds is 8. The maximum Gasteiger partial charge on any atom is 0.246 e. The summed E-state index contributed by atoms with van der Waals surface area (Å²) in [6, 6.07) is 0.110. The molecule has 1 aliphatic carbocycles. The molecule has 112 valence electrons. The molecule has 19 heavy (non-hydrogen) atoms. The molecule has 0 aromatic rings. The van der Waals surface area contributed by atoms with Crippen LogP contribution in [-0.2, 0) is 9.53 Å². The van der Waals surface area contributed by atoms with Gasteiger partial charge in [0.2, 0.25) is 5.91 Å². The molecule has 0 aromatic heterocycles. The molecule has 1 amide bonds. The summed E-state index contributed by atoms with van der Waals surface area (Å²) in [5, 5.41) is 12.2. The minimum Gasteiger partial charge on any atom is -0.396 e. The summed E-state index contributed by atoms with van der Waals surface area (Å²) < 4.78 is 5.44. The molecule has 1 rings (SSSR count). The molecule has 0 aromatic carbocycles. The summed E-state index contributed by atoms with van der Waals surface area (Å²) in [5.41, 5.74) is 0. The number of ether oxygens (including phenoxy) is 1. The zero-order valence-corrected chi connectivity index (χ0v) is 12.4. The van der Waals surface area contributed by atoms with Gasteiger partial charge in [-0.05, 0) is 38.5 Å². The highest BCUT2D eigenvalue weighted by Gasteiger charge is 2.24. The SMILES string of the molecule is CCC(C)OCC(=O)NC(CCO)C1CCCCC1. The topological polar surface area (TPSA) is 58.6 Å². The normalized spacial score (nSPS) is 19.9. The standard InChI is InChI=1S/C15H29NO3/c1-3-12(2)19-11-15(18)16-14(9-10-17)13-7-5-4-6-8-13/h12-14,17H,3-11H2,1-2H3,(H,16,18). The average molecular weight is 271 g/mol. The van der Waals surface area contributed by atoms with E-state index in [1.54, 1.807) is 0 Å². The molecule has 1 aliphatic rings. The minimum atomic E-state index is -0.0516. The minimum absolute atomic E-state index is 0.0516. The van der Waals surface area contributed by atoms with E-state index in [2.05, 4.69) is 5.32 Å². The van der Waals surface area contributed by atoms with E-state index in [1.807, 2.05) is 13.8 Å². The van der Waals surface area contributed by atoms with Crippen molar-refractivity contribution in [3.8, 4) is 0 Å². The summed E-state index contributed by atoms with van der Waals surface area (Å²) in [5.74, 6) is 0.470. The zero-order valence-electron chi connectivity index (χ0n) is 12.4. The Morgan fingerprint density at radius 2 is 2.05 bits per heavy atom. The van der Waals surface area contributed by atoms with Gasteiger partial charge in [0, 0.05) is 12.6 Å². The van der Waals surface area contributed by atoms with Crippen LogP contribution < -0.4 is 5.32 Å². The first kappa shape index (κ1) is 16.4. The van der Waals surface area contributed by atoms with Gasteiger partial charge in [0.15, 0.2) is 0 Å². The number of hydrogen-bond acceptors (Lipinski definition) is 3. The molecule has 0 saturated heterocycles. The molecular weight excluding hydrogens is 242 g/mol. The van der Waals surface area contributed by atoms with Crippen LogP contribution in [0.2, 0.25) is 0 Å². The molecule has 2 N–H and O–H groups in total. The number of carbonyl (C=O) groups excluding carboxylic acids is 1. The number of amides is 1. The van der Waals surface area contributed by atoms with Crippen LogP contribution in [0.5, 0.6) is 0 Å². The first-order valence-corrected chi connectivity index (χ1v) is 7.69. The lowest BCUT2D eigenvalue weighted by molar-refractivity contribution is -0.128. The largest absolute Gasteiger partial charge is 0.396 e. The van der Waals surface area contributed by atoms with Crippen LogP contribution in [0.15, 0.2) is 0 Å². The van der Waals surface area contributed by atoms with E-state index in [-0.39, 0.29) is 31.3 Å². The quantitative estimate of drug-likeness (QED) is 0.712. The Balaban J connectivity index is 2.36. The van der Waals surface area contributed by atoms with Crippen molar-refractivity contribution in [3.05, 3.63) is 0 Å². The van der Waals surface area contributed by atoms with Crippen molar-refractivity contribution in [2.75, 3.05) is 13.2 Å². The fourth-order valence-electron chi connectivity index (χ4n) is 2.69. The smallest absolute Gasteiger partial charge is 0.246 e. The van der Waals surface area contributed by atoms with Crippen molar-refractivity contribution in [1.82, 2.24) is 5.32 Å². The van der Waals surface area contributed by atoms with Crippen LogP contribution in [-0.4, -0.2) is 36.4 Å². The first-order valence-electron chi connectivity index (χ1n) is 7.69. The van der Waals surface area contributed by atoms with Gasteiger partial charge in [-0.25, -0.2) is 0 Å². The van der Waals surface area contributed by atoms with E-state index < -0.39 is 0 Å². The predicted octanol–water partition coefficient (Wildman–Crippen LogP) is 2.25. The third kappa shape index (κ3) is 6.39. The van der Waals surface area contributed by atoms with Gasteiger partial charge in [-0.15, -0.1) is 0 Å². The second-order valence-corrected chi connectivity index (χ2v) is 5.61. The number of aliphatic hydroxyl groups is 1. The third-order valence-corrected chi connectivity index (χ3v) is 4.08. The Kier molecular flexibility index (Phi) is 8.07. The van der Waals surface area contributed by atoms with Gasteiger partial charge < -0.3 is 15.2 Å². The number of aliphatic hydroxyl groups excluding tert-OH is 1. The maximum atomic E-state index is 11.9. The molecule has 0 aliphatic heterocycles. The van der Waals surface area contributed by atoms with E-state index in [4.69, 9.17) is 9.84 Å². The Morgan fingerprint density at radius 3 is 2.63 bits per heavy atom. The highest BCUT2D eigenvalue weighted by Crippen LogP contribution is 2.27. The Morgan fingerprint density at radius 1 is 1.37 bits per heavy atom. The van der Waals surface area contributed by atoms with E-state index in [0.717, 1.165) is 19.3 Å². The van der Waals surface area contributed by atoms with Gasteiger partial charge in [0.05, 0.1) is 6.10 Å². The summed E-state index contributed by atoms with van der Waals surface area (Å²) >= 11 is 0. The van der Waals surface area contributed by atoms with E-state index in [0.29, 0.717) is 12.3 Å². The number of carbonyl (C=O) groups is 1. The van der Waals surface area contributed by atoms with Crippen molar-refractivity contribution in [2.24, 2.45) is 5.92 Å². The maximum absolute atomic E-state index is 11.9. The van der Waals surface area contributed by atoms with Crippen LogP contribution >= 0.6 is 0 Å². The second-order valence-electron chi connectivity index (χ2n) is 5.61. The van der Waals surface area contributed by atoms with E-state index >= 15 is 0 Å².